The SMILES string of the molecule is CC(=O)Nc1ccc(C)cc1COC(C)=O. The van der Waals surface area contributed by atoms with E-state index in [1.807, 2.05) is 19.1 Å². The fraction of sp³-hybridized carbons (Fsp3) is 0.333. The molecule has 0 aromatic heterocycles. The molecule has 1 aromatic rings. The predicted molar refractivity (Wildman–Crippen MR) is 61.0 cm³/mol. The van der Waals surface area contributed by atoms with Crippen molar-refractivity contribution in [3.8, 4) is 0 Å². The van der Waals surface area contributed by atoms with Gasteiger partial charge in [0, 0.05) is 25.1 Å². The first-order valence-corrected chi connectivity index (χ1v) is 4.99. The summed E-state index contributed by atoms with van der Waals surface area (Å²) in [4.78, 5) is 21.7. The lowest BCUT2D eigenvalue weighted by atomic mass is 10.1. The standard InChI is InChI=1S/C12H15NO3/c1-8-4-5-12(13-9(2)14)11(6-8)7-16-10(3)15/h4-6H,7H2,1-3H3,(H,13,14). The highest BCUT2D eigenvalue weighted by Gasteiger charge is 2.05. The van der Waals surface area contributed by atoms with Crippen molar-refractivity contribution >= 4 is 17.6 Å². The molecule has 1 aromatic carbocycles. The Balaban J connectivity index is 2.89. The van der Waals surface area contributed by atoms with Crippen molar-refractivity contribution in [3.05, 3.63) is 29.3 Å². The van der Waals surface area contributed by atoms with Crippen molar-refractivity contribution < 1.29 is 14.3 Å². The zero-order chi connectivity index (χ0) is 12.1. The molecule has 0 spiro atoms. The van der Waals surface area contributed by atoms with Crippen molar-refractivity contribution in [2.45, 2.75) is 27.4 Å². The Morgan fingerprint density at radius 2 is 2.00 bits per heavy atom. The number of carbonyl (C=O) groups excluding carboxylic acids is 2. The molecule has 1 amide bonds. The third-order valence-corrected chi connectivity index (χ3v) is 2.00. The molecule has 86 valence electrons. The van der Waals surface area contributed by atoms with E-state index in [4.69, 9.17) is 4.74 Å². The smallest absolute Gasteiger partial charge is 0.302 e. The lowest BCUT2D eigenvalue weighted by Gasteiger charge is -2.10. The van der Waals surface area contributed by atoms with E-state index in [2.05, 4.69) is 5.32 Å². The van der Waals surface area contributed by atoms with Crippen LogP contribution in [0.15, 0.2) is 18.2 Å². The molecule has 1 N–H and O–H groups in total. The number of carbonyl (C=O) groups is 2. The Bertz CT molecular complexity index is 413. The Morgan fingerprint density at radius 1 is 1.31 bits per heavy atom. The quantitative estimate of drug-likeness (QED) is 0.794. The first-order chi connectivity index (χ1) is 7.49. The molecule has 1 rings (SSSR count). The average molecular weight is 221 g/mol. The summed E-state index contributed by atoms with van der Waals surface area (Å²) in [5, 5.41) is 2.69. The summed E-state index contributed by atoms with van der Waals surface area (Å²) in [7, 11) is 0. The number of hydrogen-bond acceptors (Lipinski definition) is 3. The van der Waals surface area contributed by atoms with Gasteiger partial charge < -0.3 is 10.1 Å². The molecule has 0 saturated carbocycles. The molecule has 0 aliphatic carbocycles. The molecule has 16 heavy (non-hydrogen) atoms. The molecule has 0 atom stereocenters. The second kappa shape index (κ2) is 5.30. The first-order valence-electron chi connectivity index (χ1n) is 4.99. The van der Waals surface area contributed by atoms with Crippen LogP contribution >= 0.6 is 0 Å². The Labute approximate surface area is 94.6 Å². The summed E-state index contributed by atoms with van der Waals surface area (Å²) in [6, 6.07) is 5.58. The van der Waals surface area contributed by atoms with Crippen LogP contribution in [-0.4, -0.2) is 11.9 Å². The minimum Gasteiger partial charge on any atom is -0.461 e. The highest BCUT2D eigenvalue weighted by molar-refractivity contribution is 5.89. The van der Waals surface area contributed by atoms with Crippen molar-refractivity contribution in [3.63, 3.8) is 0 Å². The van der Waals surface area contributed by atoms with Gasteiger partial charge in [-0.2, -0.15) is 0 Å². The monoisotopic (exact) mass is 221 g/mol. The number of anilines is 1. The molecule has 0 fully saturated rings. The van der Waals surface area contributed by atoms with Crippen LogP contribution in [0.1, 0.15) is 25.0 Å². The zero-order valence-corrected chi connectivity index (χ0v) is 9.66. The molecule has 0 heterocycles. The number of benzene rings is 1. The minimum absolute atomic E-state index is 0.145. The van der Waals surface area contributed by atoms with E-state index in [1.165, 1.54) is 13.8 Å². The van der Waals surface area contributed by atoms with Gasteiger partial charge in [0.1, 0.15) is 6.61 Å². The van der Waals surface area contributed by atoms with E-state index in [0.29, 0.717) is 5.69 Å². The summed E-state index contributed by atoms with van der Waals surface area (Å²) < 4.78 is 4.91. The summed E-state index contributed by atoms with van der Waals surface area (Å²) >= 11 is 0. The second-order valence-electron chi connectivity index (χ2n) is 3.62. The topological polar surface area (TPSA) is 55.4 Å². The van der Waals surface area contributed by atoms with E-state index in [9.17, 15) is 9.59 Å². The summed E-state index contributed by atoms with van der Waals surface area (Å²) in [6.45, 7) is 4.91. The number of hydrogen-bond donors (Lipinski definition) is 1. The van der Waals surface area contributed by atoms with Crippen LogP contribution in [0.5, 0.6) is 0 Å². The van der Waals surface area contributed by atoms with E-state index in [1.54, 1.807) is 6.07 Å². The maximum Gasteiger partial charge on any atom is 0.302 e. The maximum atomic E-state index is 11.0. The third kappa shape index (κ3) is 3.73. The Kier molecular flexibility index (Phi) is 4.05. The van der Waals surface area contributed by atoms with Gasteiger partial charge in [0.05, 0.1) is 0 Å². The summed E-state index contributed by atoms with van der Waals surface area (Å²) in [6.07, 6.45) is 0. The van der Waals surface area contributed by atoms with E-state index in [0.717, 1.165) is 11.1 Å². The molecule has 0 aliphatic rings. The molecular weight excluding hydrogens is 206 g/mol. The van der Waals surface area contributed by atoms with Crippen LogP contribution in [0, 0.1) is 6.92 Å². The fourth-order valence-corrected chi connectivity index (χ4v) is 1.33. The van der Waals surface area contributed by atoms with Gasteiger partial charge in [-0.1, -0.05) is 17.7 Å². The number of aryl methyl sites for hydroxylation is 1. The molecular formula is C12H15NO3. The molecule has 4 heteroatoms. The second-order valence-corrected chi connectivity index (χ2v) is 3.62. The molecule has 0 saturated heterocycles. The molecule has 0 bridgehead atoms. The summed E-state index contributed by atoms with van der Waals surface area (Å²) in [5.74, 6) is -0.483. The lowest BCUT2D eigenvalue weighted by Crippen LogP contribution is -2.09. The van der Waals surface area contributed by atoms with Gasteiger partial charge in [-0.15, -0.1) is 0 Å². The number of ether oxygens (including phenoxy) is 1. The highest BCUT2D eigenvalue weighted by atomic mass is 16.5. The Morgan fingerprint density at radius 3 is 2.56 bits per heavy atom. The third-order valence-electron chi connectivity index (χ3n) is 2.00. The van der Waals surface area contributed by atoms with Crippen LogP contribution in [-0.2, 0) is 20.9 Å². The van der Waals surface area contributed by atoms with Crippen LogP contribution < -0.4 is 5.32 Å². The van der Waals surface area contributed by atoms with Gasteiger partial charge in [0.25, 0.3) is 0 Å². The van der Waals surface area contributed by atoms with Gasteiger partial charge in [0.15, 0.2) is 0 Å². The zero-order valence-electron chi connectivity index (χ0n) is 9.66. The average Bonchev–Trinajstić information content (AvgIpc) is 2.17. The number of nitrogens with one attached hydrogen (secondary N) is 1. The number of rotatable bonds is 3. The molecule has 0 unspecified atom stereocenters. The number of amides is 1. The van der Waals surface area contributed by atoms with Crippen molar-refractivity contribution in [1.82, 2.24) is 0 Å². The van der Waals surface area contributed by atoms with E-state index < -0.39 is 0 Å². The van der Waals surface area contributed by atoms with Gasteiger partial charge in [0.2, 0.25) is 5.91 Å². The van der Waals surface area contributed by atoms with Crippen molar-refractivity contribution in [2.75, 3.05) is 5.32 Å². The molecule has 0 radical (unpaired) electrons. The maximum absolute atomic E-state index is 11.0. The lowest BCUT2D eigenvalue weighted by molar-refractivity contribution is -0.142. The molecule has 0 aliphatic heterocycles. The van der Waals surface area contributed by atoms with E-state index in [-0.39, 0.29) is 18.5 Å². The van der Waals surface area contributed by atoms with Crippen molar-refractivity contribution in [2.24, 2.45) is 0 Å². The van der Waals surface area contributed by atoms with Gasteiger partial charge in [-0.3, -0.25) is 9.59 Å². The van der Waals surface area contributed by atoms with Gasteiger partial charge >= 0.3 is 5.97 Å². The molecule has 4 nitrogen and oxygen atoms in total. The van der Waals surface area contributed by atoms with Crippen LogP contribution in [0.3, 0.4) is 0 Å². The normalized spacial score (nSPS) is 9.69. The van der Waals surface area contributed by atoms with Crippen LogP contribution in [0.4, 0.5) is 5.69 Å². The highest BCUT2D eigenvalue weighted by Crippen LogP contribution is 2.18. The van der Waals surface area contributed by atoms with Gasteiger partial charge in [-0.05, 0) is 13.0 Å². The van der Waals surface area contributed by atoms with Crippen LogP contribution in [0.2, 0.25) is 0 Å². The first kappa shape index (κ1) is 12.2. The predicted octanol–water partition coefficient (Wildman–Crippen LogP) is 2.02. The van der Waals surface area contributed by atoms with E-state index >= 15 is 0 Å². The largest absolute Gasteiger partial charge is 0.461 e. The minimum atomic E-state index is -0.338. The summed E-state index contributed by atoms with van der Waals surface area (Å²) in [5.41, 5.74) is 2.53. The van der Waals surface area contributed by atoms with Crippen LogP contribution in [0.25, 0.3) is 0 Å². The fourth-order valence-electron chi connectivity index (χ4n) is 1.33. The Hall–Kier alpha value is -1.84. The van der Waals surface area contributed by atoms with Gasteiger partial charge in [-0.25, -0.2) is 0 Å². The number of esters is 1. The van der Waals surface area contributed by atoms with Crippen molar-refractivity contribution in [1.29, 1.82) is 0 Å².